The number of nitrogens with zero attached hydrogens (tertiary/aromatic N) is 2. The van der Waals surface area contributed by atoms with Crippen molar-refractivity contribution in [2.75, 3.05) is 16.0 Å². The number of fused-ring (bicyclic) bond motifs is 1. The zero-order valence-electron chi connectivity index (χ0n) is 15.9. The Hall–Kier alpha value is -3.67. The van der Waals surface area contributed by atoms with E-state index in [2.05, 4.69) is 25.9 Å². The average Bonchev–Trinajstić information content (AvgIpc) is 3.02. The van der Waals surface area contributed by atoms with Crippen molar-refractivity contribution in [3.05, 3.63) is 47.8 Å². The summed E-state index contributed by atoms with van der Waals surface area (Å²) >= 11 is 0. The normalized spacial score (nSPS) is 15.0. The summed E-state index contributed by atoms with van der Waals surface area (Å²) in [5, 5.41) is 8.35. The molecule has 12 heteroatoms. The monoisotopic (exact) mass is 421 g/mol. The van der Waals surface area contributed by atoms with Crippen molar-refractivity contribution in [3.8, 4) is 0 Å². The number of anilines is 3. The third-order valence-electron chi connectivity index (χ3n) is 4.05. The van der Waals surface area contributed by atoms with Crippen LogP contribution in [0.15, 0.2) is 36.3 Å². The molecule has 30 heavy (non-hydrogen) atoms. The topological polar surface area (TPSA) is 148 Å². The predicted octanol–water partition coefficient (Wildman–Crippen LogP) is 1.86. The van der Waals surface area contributed by atoms with Crippen LogP contribution in [0.25, 0.3) is 5.57 Å². The molecule has 1 aromatic heterocycles. The first-order chi connectivity index (χ1) is 13.9. The van der Waals surface area contributed by atoms with Crippen molar-refractivity contribution in [1.29, 1.82) is 0 Å². The van der Waals surface area contributed by atoms with Gasteiger partial charge in [0.15, 0.2) is 5.82 Å². The first-order valence-corrected chi connectivity index (χ1v) is 8.59. The number of rotatable bonds is 4. The molecule has 0 spiro atoms. The second-order valence-corrected chi connectivity index (χ2v) is 7.06. The summed E-state index contributed by atoms with van der Waals surface area (Å²) in [5.74, 6) is -1.92. The SMILES string of the molecule is CC(C)(N)C(=O)Nc1ccc2c(c1)NC(=C(C(N)=O)c1nccc(C(F)(F)F)n1)N2. The fourth-order valence-electron chi connectivity index (χ4n) is 2.53. The number of aromatic nitrogens is 2. The molecule has 1 aliphatic rings. The van der Waals surface area contributed by atoms with E-state index in [1.807, 2.05) is 0 Å². The van der Waals surface area contributed by atoms with E-state index < -0.39 is 35.0 Å². The summed E-state index contributed by atoms with van der Waals surface area (Å²) in [6.45, 7) is 3.09. The van der Waals surface area contributed by atoms with Crippen molar-refractivity contribution in [1.82, 2.24) is 9.97 Å². The van der Waals surface area contributed by atoms with Gasteiger partial charge in [-0.2, -0.15) is 13.2 Å². The third kappa shape index (κ3) is 4.33. The molecule has 0 saturated heterocycles. The molecule has 3 rings (SSSR count). The van der Waals surface area contributed by atoms with Gasteiger partial charge in [-0.15, -0.1) is 0 Å². The van der Waals surface area contributed by atoms with Gasteiger partial charge in [0.25, 0.3) is 5.91 Å². The Labute approximate surface area is 168 Å². The standard InChI is InChI=1S/C18H18F3N7O2/c1-17(2,23)16(30)25-8-3-4-9-10(7-8)27-15(26-9)12(13(22)29)14-24-6-5-11(28-14)18(19,20)21/h3-7,26-27H,23H2,1-2H3,(H2,22,29)(H,25,30). The molecule has 7 N–H and O–H groups in total. The Morgan fingerprint density at radius 3 is 2.37 bits per heavy atom. The molecule has 158 valence electrons. The van der Waals surface area contributed by atoms with Gasteiger partial charge in [0.1, 0.15) is 17.1 Å². The number of carbonyl (C=O) groups is 2. The van der Waals surface area contributed by atoms with Crippen molar-refractivity contribution in [3.63, 3.8) is 0 Å². The number of primary amides is 1. The van der Waals surface area contributed by atoms with Gasteiger partial charge in [0.05, 0.1) is 16.9 Å². The Balaban J connectivity index is 1.95. The number of hydrogen-bond donors (Lipinski definition) is 5. The number of benzene rings is 1. The Morgan fingerprint density at radius 1 is 1.10 bits per heavy atom. The Bertz CT molecular complexity index is 1060. The van der Waals surface area contributed by atoms with Crippen molar-refractivity contribution < 1.29 is 22.8 Å². The van der Waals surface area contributed by atoms with Crippen LogP contribution in [0.4, 0.5) is 30.2 Å². The number of amides is 2. The lowest BCUT2D eigenvalue weighted by Crippen LogP contribution is -2.45. The van der Waals surface area contributed by atoms with Crippen LogP contribution in [0, 0.1) is 0 Å². The highest BCUT2D eigenvalue weighted by Crippen LogP contribution is 2.36. The summed E-state index contributed by atoms with van der Waals surface area (Å²) < 4.78 is 38.9. The Kier molecular flexibility index (Phi) is 5.12. The number of halogens is 3. The molecule has 0 fully saturated rings. The molecule has 0 atom stereocenters. The van der Waals surface area contributed by atoms with E-state index in [9.17, 15) is 22.8 Å². The molecule has 2 aromatic rings. The summed E-state index contributed by atoms with van der Waals surface area (Å²) in [6, 6.07) is 5.43. The van der Waals surface area contributed by atoms with Gasteiger partial charge in [-0.3, -0.25) is 9.59 Å². The zero-order chi connectivity index (χ0) is 22.3. The number of alkyl halides is 3. The molecule has 0 unspecified atom stereocenters. The summed E-state index contributed by atoms with van der Waals surface area (Å²) in [7, 11) is 0. The number of carbonyl (C=O) groups excluding carboxylic acids is 2. The maximum absolute atomic E-state index is 13.0. The fraction of sp³-hybridized carbons (Fsp3) is 0.222. The van der Waals surface area contributed by atoms with Gasteiger partial charge >= 0.3 is 6.18 Å². The van der Waals surface area contributed by atoms with Crippen LogP contribution in [0.1, 0.15) is 25.4 Å². The highest BCUT2D eigenvalue weighted by atomic mass is 19.4. The van der Waals surface area contributed by atoms with Gasteiger partial charge < -0.3 is 27.4 Å². The fourth-order valence-corrected chi connectivity index (χ4v) is 2.53. The van der Waals surface area contributed by atoms with E-state index in [1.54, 1.807) is 32.0 Å². The molecule has 0 bridgehead atoms. The molecule has 0 saturated carbocycles. The molecule has 2 amide bonds. The highest BCUT2D eigenvalue weighted by molar-refractivity contribution is 6.20. The highest BCUT2D eigenvalue weighted by Gasteiger charge is 2.34. The second-order valence-electron chi connectivity index (χ2n) is 7.06. The van der Waals surface area contributed by atoms with E-state index in [-0.39, 0.29) is 11.4 Å². The smallest absolute Gasteiger partial charge is 0.365 e. The van der Waals surface area contributed by atoms with Gasteiger partial charge in [0.2, 0.25) is 5.91 Å². The van der Waals surface area contributed by atoms with Gasteiger partial charge in [-0.1, -0.05) is 0 Å². The number of nitrogens with one attached hydrogen (secondary N) is 3. The molecule has 0 aliphatic carbocycles. The van der Waals surface area contributed by atoms with Gasteiger partial charge in [-0.05, 0) is 38.1 Å². The van der Waals surface area contributed by atoms with E-state index >= 15 is 0 Å². The van der Waals surface area contributed by atoms with Gasteiger partial charge in [0, 0.05) is 11.9 Å². The predicted molar refractivity (Wildman–Crippen MR) is 104 cm³/mol. The lowest BCUT2D eigenvalue weighted by molar-refractivity contribution is -0.141. The van der Waals surface area contributed by atoms with Crippen LogP contribution < -0.4 is 27.4 Å². The van der Waals surface area contributed by atoms with E-state index in [0.29, 0.717) is 23.1 Å². The maximum atomic E-state index is 13.0. The minimum absolute atomic E-state index is 0.0134. The number of hydrogen-bond acceptors (Lipinski definition) is 7. The van der Waals surface area contributed by atoms with Crippen LogP contribution >= 0.6 is 0 Å². The molecular formula is C18H18F3N7O2. The molecule has 2 heterocycles. The molecule has 1 aliphatic heterocycles. The minimum atomic E-state index is -4.71. The number of nitrogens with two attached hydrogens (primary N) is 2. The van der Waals surface area contributed by atoms with Crippen LogP contribution in [-0.2, 0) is 15.8 Å². The van der Waals surface area contributed by atoms with E-state index in [4.69, 9.17) is 11.5 Å². The first-order valence-electron chi connectivity index (χ1n) is 8.59. The zero-order valence-corrected chi connectivity index (χ0v) is 15.9. The average molecular weight is 421 g/mol. The molecular weight excluding hydrogens is 403 g/mol. The molecule has 0 radical (unpaired) electrons. The Morgan fingerprint density at radius 2 is 1.77 bits per heavy atom. The maximum Gasteiger partial charge on any atom is 0.433 e. The lowest BCUT2D eigenvalue weighted by Gasteiger charge is -2.18. The third-order valence-corrected chi connectivity index (χ3v) is 4.05. The van der Waals surface area contributed by atoms with Crippen LogP contribution in [-0.4, -0.2) is 27.3 Å². The van der Waals surface area contributed by atoms with Crippen LogP contribution in [0.5, 0.6) is 0 Å². The van der Waals surface area contributed by atoms with Crippen molar-refractivity contribution >= 4 is 34.4 Å². The summed E-state index contributed by atoms with van der Waals surface area (Å²) in [5.41, 5.74) is 9.83. The first kappa shape index (κ1) is 21.0. The molecule has 9 nitrogen and oxygen atoms in total. The summed E-state index contributed by atoms with van der Waals surface area (Å²) in [4.78, 5) is 31.2. The molecule has 1 aromatic carbocycles. The van der Waals surface area contributed by atoms with Gasteiger partial charge in [-0.25, -0.2) is 9.97 Å². The quantitative estimate of drug-likeness (QED) is 0.473. The second kappa shape index (κ2) is 7.30. The minimum Gasteiger partial charge on any atom is -0.365 e. The summed E-state index contributed by atoms with van der Waals surface area (Å²) in [6.07, 6.45) is -3.83. The van der Waals surface area contributed by atoms with Crippen molar-refractivity contribution in [2.24, 2.45) is 11.5 Å². The largest absolute Gasteiger partial charge is 0.433 e. The van der Waals surface area contributed by atoms with Crippen LogP contribution in [0.2, 0.25) is 0 Å². The van der Waals surface area contributed by atoms with Crippen molar-refractivity contribution in [2.45, 2.75) is 25.6 Å². The van der Waals surface area contributed by atoms with Crippen LogP contribution in [0.3, 0.4) is 0 Å². The van der Waals surface area contributed by atoms with E-state index in [1.165, 1.54) is 0 Å². The lowest BCUT2D eigenvalue weighted by atomic mass is 10.1. The van der Waals surface area contributed by atoms with E-state index in [0.717, 1.165) is 6.20 Å².